The third-order valence-corrected chi connectivity index (χ3v) is 2.75. The summed E-state index contributed by atoms with van der Waals surface area (Å²) in [6.07, 6.45) is 2.21. The Bertz CT molecular complexity index is 722. The van der Waals surface area contributed by atoms with E-state index in [1.807, 2.05) is 0 Å². The summed E-state index contributed by atoms with van der Waals surface area (Å²) in [5, 5.41) is 13.2. The van der Waals surface area contributed by atoms with Gasteiger partial charge in [-0.25, -0.2) is 4.79 Å². The van der Waals surface area contributed by atoms with Crippen molar-refractivity contribution >= 4 is 17.6 Å². The van der Waals surface area contributed by atoms with Crippen molar-refractivity contribution in [1.82, 2.24) is 0 Å². The van der Waals surface area contributed by atoms with Crippen LogP contribution in [-0.2, 0) is 9.53 Å². The number of hydrogen-bond acceptors (Lipinski definition) is 5. The zero-order valence-corrected chi connectivity index (χ0v) is 12.1. The van der Waals surface area contributed by atoms with Gasteiger partial charge in [-0.1, -0.05) is 12.1 Å². The molecule has 126 valence electrons. The number of hydrogen-bond donors (Lipinski definition) is 1. The molecule has 1 aromatic carbocycles. The molecule has 0 spiro atoms. The van der Waals surface area contributed by atoms with Crippen LogP contribution < -0.4 is 14.8 Å². The summed E-state index contributed by atoms with van der Waals surface area (Å²) in [6, 6.07) is 8.07. The second-order valence-corrected chi connectivity index (χ2v) is 4.45. The van der Waals surface area contributed by atoms with E-state index in [0.29, 0.717) is 4.73 Å². The zero-order chi connectivity index (χ0) is 17.5. The van der Waals surface area contributed by atoms with Gasteiger partial charge < -0.3 is 20.0 Å². The molecule has 0 fully saturated rings. The summed E-state index contributed by atoms with van der Waals surface area (Å²) in [5.74, 6) is -1.75. The second-order valence-electron chi connectivity index (χ2n) is 4.45. The standard InChI is InChI=1S/C15H12F2N2O5/c16-15(17)24-12-4-2-1-3-11(12)18-13(20)9-23-14(21)10-5-7-19(22)8-6-10/h1-8,15H,9H2,(H,18,20). The first-order valence-corrected chi connectivity index (χ1v) is 6.65. The van der Waals surface area contributed by atoms with Gasteiger partial charge in [-0.05, 0) is 12.1 Å². The van der Waals surface area contributed by atoms with Gasteiger partial charge in [0.25, 0.3) is 5.91 Å². The molecule has 1 heterocycles. The van der Waals surface area contributed by atoms with Gasteiger partial charge in [0.05, 0.1) is 11.3 Å². The molecule has 1 amide bonds. The number of ether oxygens (including phenoxy) is 2. The summed E-state index contributed by atoms with van der Waals surface area (Å²) in [5.41, 5.74) is 0.113. The molecule has 24 heavy (non-hydrogen) atoms. The lowest BCUT2D eigenvalue weighted by Crippen LogP contribution is -2.25. The number of carbonyl (C=O) groups is 2. The molecule has 1 aromatic heterocycles. The average Bonchev–Trinajstić information content (AvgIpc) is 2.54. The molecule has 0 bridgehead atoms. The van der Waals surface area contributed by atoms with E-state index in [9.17, 15) is 23.6 Å². The minimum atomic E-state index is -3.04. The molecule has 1 N–H and O–H groups in total. The van der Waals surface area contributed by atoms with Crippen molar-refractivity contribution in [1.29, 1.82) is 0 Å². The Morgan fingerprint density at radius 3 is 2.50 bits per heavy atom. The zero-order valence-electron chi connectivity index (χ0n) is 12.1. The smallest absolute Gasteiger partial charge is 0.387 e. The minimum absolute atomic E-state index is 0.0194. The number of anilines is 1. The maximum Gasteiger partial charge on any atom is 0.387 e. The van der Waals surface area contributed by atoms with Crippen LogP contribution in [0.1, 0.15) is 10.4 Å². The fourth-order valence-electron chi connectivity index (χ4n) is 1.72. The van der Waals surface area contributed by atoms with Gasteiger partial charge >= 0.3 is 12.6 Å². The van der Waals surface area contributed by atoms with Crippen molar-refractivity contribution in [3.63, 3.8) is 0 Å². The third-order valence-electron chi connectivity index (χ3n) is 2.75. The first kappa shape index (κ1) is 17.1. The van der Waals surface area contributed by atoms with Gasteiger partial charge in [0.2, 0.25) is 0 Å². The molecule has 0 radical (unpaired) electrons. The van der Waals surface area contributed by atoms with E-state index in [0.717, 1.165) is 12.4 Å². The predicted octanol–water partition coefficient (Wildman–Crippen LogP) is 1.72. The van der Waals surface area contributed by atoms with Gasteiger partial charge in [-0.3, -0.25) is 4.79 Å². The molecule has 0 aliphatic carbocycles. The molecule has 2 rings (SSSR count). The van der Waals surface area contributed by atoms with Crippen molar-refractivity contribution in [3.05, 3.63) is 59.6 Å². The fourth-order valence-corrected chi connectivity index (χ4v) is 1.72. The lowest BCUT2D eigenvalue weighted by molar-refractivity contribution is -0.605. The molecule has 9 heteroatoms. The van der Waals surface area contributed by atoms with E-state index in [2.05, 4.69) is 10.1 Å². The summed E-state index contributed by atoms with van der Waals surface area (Å²) >= 11 is 0. The number of nitrogens with zero attached hydrogens (tertiary/aromatic N) is 1. The molecule has 0 unspecified atom stereocenters. The molecule has 0 atom stereocenters. The van der Waals surface area contributed by atoms with E-state index < -0.39 is 25.1 Å². The highest BCUT2D eigenvalue weighted by atomic mass is 19.3. The van der Waals surface area contributed by atoms with Crippen molar-refractivity contribution in [3.8, 4) is 5.75 Å². The number of para-hydroxylation sites is 2. The molecule has 0 aliphatic heterocycles. The topological polar surface area (TPSA) is 91.6 Å². The molecule has 0 saturated heterocycles. The lowest BCUT2D eigenvalue weighted by Gasteiger charge is -2.11. The third kappa shape index (κ3) is 4.90. The first-order chi connectivity index (χ1) is 11.5. The Labute approximate surface area is 135 Å². The molecule has 0 saturated carbocycles. The number of benzene rings is 1. The van der Waals surface area contributed by atoms with Gasteiger partial charge in [-0.15, -0.1) is 0 Å². The van der Waals surface area contributed by atoms with E-state index in [1.165, 1.54) is 36.4 Å². The normalized spacial score (nSPS) is 10.3. The minimum Gasteiger partial charge on any atom is -0.619 e. The van der Waals surface area contributed by atoms with Crippen LogP contribution >= 0.6 is 0 Å². The Balaban J connectivity index is 1.92. The van der Waals surface area contributed by atoms with E-state index in [1.54, 1.807) is 0 Å². The first-order valence-electron chi connectivity index (χ1n) is 6.65. The van der Waals surface area contributed by atoms with Gasteiger partial charge in [0, 0.05) is 12.1 Å². The Morgan fingerprint density at radius 2 is 1.83 bits per heavy atom. The predicted molar refractivity (Wildman–Crippen MR) is 77.4 cm³/mol. The second kappa shape index (κ2) is 7.86. The summed E-state index contributed by atoms with van der Waals surface area (Å²) in [4.78, 5) is 23.4. The van der Waals surface area contributed by atoms with Crippen molar-refractivity contribution < 1.29 is 32.6 Å². The monoisotopic (exact) mass is 338 g/mol. The Morgan fingerprint density at radius 1 is 1.17 bits per heavy atom. The number of esters is 1. The highest BCUT2D eigenvalue weighted by Crippen LogP contribution is 2.25. The van der Waals surface area contributed by atoms with Crippen LogP contribution in [0.5, 0.6) is 5.75 Å². The Kier molecular flexibility index (Phi) is 5.61. The van der Waals surface area contributed by atoms with Crippen LogP contribution in [0.2, 0.25) is 0 Å². The Hall–Kier alpha value is -3.23. The number of nitrogens with one attached hydrogen (secondary N) is 1. The molecule has 2 aromatic rings. The molecule has 0 aliphatic rings. The number of halogens is 2. The van der Waals surface area contributed by atoms with Gasteiger partial charge in [0.1, 0.15) is 5.75 Å². The van der Waals surface area contributed by atoms with E-state index in [4.69, 9.17) is 4.74 Å². The molecular formula is C15H12F2N2O5. The van der Waals surface area contributed by atoms with Crippen LogP contribution in [0.3, 0.4) is 0 Å². The maximum atomic E-state index is 12.3. The van der Waals surface area contributed by atoms with Crippen molar-refractivity contribution in [2.45, 2.75) is 6.61 Å². The average molecular weight is 338 g/mol. The molecule has 7 nitrogen and oxygen atoms in total. The van der Waals surface area contributed by atoms with Crippen LogP contribution in [0.15, 0.2) is 48.8 Å². The summed E-state index contributed by atoms with van der Waals surface area (Å²) < 4.78 is 34.1. The number of alkyl halides is 2. The van der Waals surface area contributed by atoms with Crippen molar-refractivity contribution in [2.24, 2.45) is 0 Å². The number of amides is 1. The summed E-state index contributed by atoms with van der Waals surface area (Å²) in [6.45, 7) is -3.67. The SMILES string of the molecule is O=C(COC(=O)c1cc[n+]([O-])cc1)Nc1ccccc1OC(F)F. The van der Waals surface area contributed by atoms with Crippen LogP contribution in [0.25, 0.3) is 0 Å². The fraction of sp³-hybridized carbons (Fsp3) is 0.133. The van der Waals surface area contributed by atoms with Crippen LogP contribution in [0.4, 0.5) is 14.5 Å². The maximum absolute atomic E-state index is 12.3. The highest BCUT2D eigenvalue weighted by Gasteiger charge is 2.14. The van der Waals surface area contributed by atoms with E-state index >= 15 is 0 Å². The van der Waals surface area contributed by atoms with Gasteiger partial charge in [-0.2, -0.15) is 13.5 Å². The van der Waals surface area contributed by atoms with Crippen molar-refractivity contribution in [2.75, 3.05) is 11.9 Å². The number of pyridine rings is 1. The largest absolute Gasteiger partial charge is 0.619 e. The number of aromatic nitrogens is 1. The lowest BCUT2D eigenvalue weighted by atomic mass is 10.3. The van der Waals surface area contributed by atoms with E-state index in [-0.39, 0.29) is 17.0 Å². The van der Waals surface area contributed by atoms with Crippen LogP contribution in [-0.4, -0.2) is 25.1 Å². The number of rotatable bonds is 6. The quantitative estimate of drug-likeness (QED) is 0.492. The van der Waals surface area contributed by atoms with Crippen LogP contribution in [0, 0.1) is 5.21 Å². The highest BCUT2D eigenvalue weighted by molar-refractivity contribution is 5.96. The summed E-state index contributed by atoms with van der Waals surface area (Å²) in [7, 11) is 0. The van der Waals surface area contributed by atoms with Gasteiger partial charge in [0.15, 0.2) is 19.0 Å². The number of carbonyl (C=O) groups excluding carboxylic acids is 2. The molecular weight excluding hydrogens is 326 g/mol.